The van der Waals surface area contributed by atoms with E-state index in [0.717, 1.165) is 0 Å². The number of rotatable bonds is 7. The lowest BCUT2D eigenvalue weighted by Crippen LogP contribution is -2.56. The standard InChI is InChI=1S/C8H22O6S2Si2/c1-17(2,7-5-15(9,10)11)18(3,4)8-6-16(12,13)14/h5-8H2,1-4H3,(H,9,10,11)(H,12,13,14). The Balaban J connectivity index is 4.75. The largest absolute Gasteiger partial charge is 0.286 e. The van der Waals surface area contributed by atoms with Crippen molar-refractivity contribution in [1.29, 1.82) is 0 Å². The van der Waals surface area contributed by atoms with Crippen LogP contribution in [0.15, 0.2) is 0 Å². The molecule has 0 fully saturated rings. The third-order valence-corrected chi connectivity index (χ3v) is 25.1. The average Bonchev–Trinajstić information content (AvgIpc) is 2.10. The zero-order valence-corrected chi connectivity index (χ0v) is 14.8. The summed E-state index contributed by atoms with van der Waals surface area (Å²) < 4.78 is 60.7. The van der Waals surface area contributed by atoms with Crippen LogP contribution in [0.1, 0.15) is 0 Å². The molecule has 0 aliphatic heterocycles. The van der Waals surface area contributed by atoms with Crippen LogP contribution in [0.25, 0.3) is 0 Å². The van der Waals surface area contributed by atoms with Gasteiger partial charge in [0.1, 0.15) is 0 Å². The second-order valence-electron chi connectivity index (χ2n) is 5.84. The summed E-state index contributed by atoms with van der Waals surface area (Å²) in [6, 6.07) is 0.826. The maximum Gasteiger partial charge on any atom is 0.264 e. The van der Waals surface area contributed by atoms with Crippen LogP contribution in [0, 0.1) is 0 Å². The molecule has 0 aromatic heterocycles. The van der Waals surface area contributed by atoms with E-state index in [1.165, 1.54) is 0 Å². The van der Waals surface area contributed by atoms with E-state index >= 15 is 0 Å². The quantitative estimate of drug-likeness (QED) is 0.536. The Labute approximate surface area is 111 Å². The average molecular weight is 335 g/mol. The molecule has 18 heavy (non-hydrogen) atoms. The van der Waals surface area contributed by atoms with Crippen molar-refractivity contribution in [2.24, 2.45) is 0 Å². The van der Waals surface area contributed by atoms with E-state index in [2.05, 4.69) is 0 Å². The molecule has 0 aromatic carbocycles. The van der Waals surface area contributed by atoms with Gasteiger partial charge in [-0.15, -0.1) is 0 Å². The van der Waals surface area contributed by atoms with Gasteiger partial charge in [0.2, 0.25) is 0 Å². The fourth-order valence-electron chi connectivity index (χ4n) is 1.45. The molecule has 0 rings (SSSR count). The zero-order chi connectivity index (χ0) is 14.8. The molecule has 0 saturated carbocycles. The van der Waals surface area contributed by atoms with Crippen LogP contribution in [-0.2, 0) is 20.2 Å². The molecule has 0 unspecified atom stereocenters. The van der Waals surface area contributed by atoms with Crippen molar-refractivity contribution < 1.29 is 25.9 Å². The summed E-state index contributed by atoms with van der Waals surface area (Å²) >= 11 is 0. The Hall–Kier alpha value is 0.254. The zero-order valence-electron chi connectivity index (χ0n) is 11.2. The highest BCUT2D eigenvalue weighted by Crippen LogP contribution is 2.27. The summed E-state index contributed by atoms with van der Waals surface area (Å²) in [5, 5.41) is 0. The van der Waals surface area contributed by atoms with Crippen molar-refractivity contribution in [2.75, 3.05) is 11.5 Å². The number of hydrogen-bond acceptors (Lipinski definition) is 4. The minimum Gasteiger partial charge on any atom is -0.286 e. The summed E-state index contributed by atoms with van der Waals surface area (Å²) in [5.74, 6) is -0.539. The first-order chi connectivity index (χ1) is 7.66. The second kappa shape index (κ2) is 5.71. The molecule has 0 aliphatic carbocycles. The minimum absolute atomic E-state index is 0.269. The lowest BCUT2D eigenvalue weighted by atomic mass is 11.0. The molecule has 0 bridgehead atoms. The van der Waals surface area contributed by atoms with E-state index in [-0.39, 0.29) is 11.5 Å². The van der Waals surface area contributed by atoms with Gasteiger partial charge in [0.15, 0.2) is 0 Å². The van der Waals surface area contributed by atoms with E-state index in [9.17, 15) is 16.8 Å². The normalized spacial score (nSPS) is 14.8. The fraction of sp³-hybridized carbons (Fsp3) is 1.00. The Bertz CT molecular complexity index is 434. The van der Waals surface area contributed by atoms with Crippen molar-refractivity contribution in [3.8, 4) is 0 Å². The molecule has 0 saturated heterocycles. The van der Waals surface area contributed by atoms with Crippen molar-refractivity contribution in [3.63, 3.8) is 0 Å². The van der Waals surface area contributed by atoms with Gasteiger partial charge in [0.05, 0.1) is 11.5 Å². The predicted molar refractivity (Wildman–Crippen MR) is 77.4 cm³/mol. The Morgan fingerprint density at radius 1 is 0.722 bits per heavy atom. The fourth-order valence-corrected chi connectivity index (χ4v) is 14.8. The highest BCUT2D eigenvalue weighted by molar-refractivity contribution is 7.86. The molecule has 2 N–H and O–H groups in total. The van der Waals surface area contributed by atoms with Gasteiger partial charge in [-0.05, 0) is 12.1 Å². The first kappa shape index (κ1) is 18.3. The van der Waals surface area contributed by atoms with Crippen molar-refractivity contribution in [1.82, 2.24) is 0 Å². The van der Waals surface area contributed by atoms with Gasteiger partial charge >= 0.3 is 0 Å². The molecular formula is C8H22O6S2Si2. The smallest absolute Gasteiger partial charge is 0.264 e. The molecule has 0 amide bonds. The van der Waals surface area contributed by atoms with Gasteiger partial charge in [-0.3, -0.25) is 9.11 Å². The third kappa shape index (κ3) is 6.99. The maximum absolute atomic E-state index is 10.8. The molecule has 110 valence electrons. The Morgan fingerprint density at radius 3 is 1.11 bits per heavy atom. The topological polar surface area (TPSA) is 109 Å². The molecule has 0 spiro atoms. The molecular weight excluding hydrogens is 312 g/mol. The van der Waals surface area contributed by atoms with E-state index in [1.54, 1.807) is 0 Å². The van der Waals surface area contributed by atoms with Crippen LogP contribution in [0.3, 0.4) is 0 Å². The highest BCUT2D eigenvalue weighted by Gasteiger charge is 2.41. The first-order valence-corrected chi connectivity index (χ1v) is 16.2. The van der Waals surface area contributed by atoms with Crippen LogP contribution in [0.5, 0.6) is 0 Å². The van der Waals surface area contributed by atoms with E-state index < -0.39 is 35.4 Å². The Morgan fingerprint density at radius 2 is 0.944 bits per heavy atom. The summed E-state index contributed by atoms with van der Waals surface area (Å²) in [4.78, 5) is 0. The summed E-state index contributed by atoms with van der Waals surface area (Å²) in [5.41, 5.74) is 0. The van der Waals surface area contributed by atoms with E-state index in [1.807, 2.05) is 26.2 Å². The highest BCUT2D eigenvalue weighted by atomic mass is 32.2. The monoisotopic (exact) mass is 334 g/mol. The van der Waals surface area contributed by atoms with E-state index in [4.69, 9.17) is 9.11 Å². The predicted octanol–water partition coefficient (Wildman–Crippen LogP) is 1.26. The summed E-state index contributed by atoms with van der Waals surface area (Å²) in [6.07, 6.45) is 0. The molecule has 0 radical (unpaired) electrons. The molecule has 10 heteroatoms. The summed E-state index contributed by atoms with van der Waals surface area (Å²) in [7, 11) is -11.8. The van der Waals surface area contributed by atoms with Crippen LogP contribution < -0.4 is 0 Å². The van der Waals surface area contributed by atoms with Gasteiger partial charge in [-0.25, -0.2) is 0 Å². The van der Waals surface area contributed by atoms with Crippen LogP contribution in [0.4, 0.5) is 0 Å². The van der Waals surface area contributed by atoms with Gasteiger partial charge in [-0.2, -0.15) is 16.8 Å². The summed E-state index contributed by atoms with van der Waals surface area (Å²) in [6.45, 7) is 8.03. The van der Waals surface area contributed by atoms with Crippen molar-refractivity contribution in [2.45, 2.75) is 38.3 Å². The molecule has 6 nitrogen and oxygen atoms in total. The molecule has 0 aromatic rings. The van der Waals surface area contributed by atoms with Crippen LogP contribution >= 0.6 is 0 Å². The van der Waals surface area contributed by atoms with Gasteiger partial charge < -0.3 is 0 Å². The van der Waals surface area contributed by atoms with Gasteiger partial charge in [0, 0.05) is 15.2 Å². The second-order valence-corrected chi connectivity index (χ2v) is 25.6. The Kier molecular flexibility index (Phi) is 5.79. The van der Waals surface area contributed by atoms with Crippen molar-refractivity contribution in [3.05, 3.63) is 0 Å². The van der Waals surface area contributed by atoms with E-state index in [0.29, 0.717) is 12.1 Å². The molecule has 0 heterocycles. The minimum atomic E-state index is -3.97. The first-order valence-electron chi connectivity index (χ1n) is 5.57. The third-order valence-electron chi connectivity index (χ3n) is 3.80. The number of hydrogen-bond donors (Lipinski definition) is 2. The molecule has 0 aliphatic rings. The molecule has 0 atom stereocenters. The van der Waals surface area contributed by atoms with Gasteiger partial charge in [0.25, 0.3) is 20.2 Å². The van der Waals surface area contributed by atoms with Crippen LogP contribution in [0.2, 0.25) is 38.3 Å². The maximum atomic E-state index is 10.8. The lowest BCUT2D eigenvalue weighted by Gasteiger charge is -2.38. The SMILES string of the molecule is C[Si](C)(CCS(=O)(=O)O)[Si](C)(C)CCS(=O)(=O)O. The van der Waals surface area contributed by atoms with Crippen molar-refractivity contribution >= 4 is 35.4 Å². The lowest BCUT2D eigenvalue weighted by molar-refractivity contribution is 0.482. The van der Waals surface area contributed by atoms with Crippen LogP contribution in [-0.4, -0.2) is 52.6 Å². The van der Waals surface area contributed by atoms with Gasteiger partial charge in [-0.1, -0.05) is 26.2 Å².